The molecule has 1 aliphatic rings. The fourth-order valence-electron chi connectivity index (χ4n) is 1.16. The predicted molar refractivity (Wildman–Crippen MR) is 52.4 cm³/mol. The summed E-state index contributed by atoms with van der Waals surface area (Å²) in [6, 6.07) is 0. The van der Waals surface area contributed by atoms with E-state index in [1.165, 1.54) is 32.7 Å². The summed E-state index contributed by atoms with van der Waals surface area (Å²) in [5, 5.41) is 7.57. The van der Waals surface area contributed by atoms with Crippen LogP contribution in [0.5, 0.6) is 0 Å². The Morgan fingerprint density at radius 2 is 1.50 bits per heavy atom. The summed E-state index contributed by atoms with van der Waals surface area (Å²) in [4.78, 5) is 4.87. The highest BCUT2D eigenvalue weighted by molar-refractivity contribution is 4.66. The molecule has 0 aromatic rings. The van der Waals surface area contributed by atoms with Gasteiger partial charge >= 0.3 is 0 Å². The Labute approximate surface area is 76.0 Å². The molecule has 0 unspecified atom stereocenters. The average molecular weight is 174 g/mol. The lowest BCUT2D eigenvalue weighted by molar-refractivity contribution is 0.160. The van der Waals surface area contributed by atoms with Gasteiger partial charge < -0.3 is 14.9 Å². The van der Waals surface area contributed by atoms with Crippen molar-refractivity contribution in [2.45, 2.75) is 13.8 Å². The fourth-order valence-corrected chi connectivity index (χ4v) is 1.16. The monoisotopic (exact) mass is 174 g/mol. The fraction of sp³-hybridized carbons (Fsp3) is 1.00. The van der Waals surface area contributed by atoms with E-state index in [4.69, 9.17) is 5.11 Å². The van der Waals surface area contributed by atoms with Gasteiger partial charge in [0.2, 0.25) is 0 Å². The highest BCUT2D eigenvalue weighted by Crippen LogP contribution is 1.96. The number of likely N-dealkylation sites (N-methyl/N-ethyl adjacent to an activating group) is 2. The van der Waals surface area contributed by atoms with Crippen molar-refractivity contribution in [1.29, 1.82) is 0 Å². The molecule has 1 fully saturated rings. The molecule has 0 amide bonds. The molecule has 0 aromatic heterocycles. The quantitative estimate of drug-likeness (QED) is 0.617. The Kier molecular flexibility index (Phi) is 7.45. The molecule has 0 bridgehead atoms. The first-order valence-electron chi connectivity index (χ1n) is 4.76. The van der Waals surface area contributed by atoms with E-state index in [2.05, 4.69) is 23.8 Å². The van der Waals surface area contributed by atoms with Gasteiger partial charge in [-0.25, -0.2) is 0 Å². The molecular weight excluding hydrogens is 152 g/mol. The van der Waals surface area contributed by atoms with Crippen molar-refractivity contribution in [2.24, 2.45) is 0 Å². The van der Waals surface area contributed by atoms with Gasteiger partial charge in [-0.05, 0) is 20.5 Å². The van der Waals surface area contributed by atoms with Gasteiger partial charge in [-0.15, -0.1) is 0 Å². The molecule has 12 heavy (non-hydrogen) atoms. The maximum atomic E-state index is 7.57. The Hall–Kier alpha value is -0.120. The number of hydrogen-bond acceptors (Lipinski definition) is 3. The summed E-state index contributed by atoms with van der Waals surface area (Å²) < 4.78 is 0. The normalized spacial score (nSPS) is 20.0. The van der Waals surface area contributed by atoms with Gasteiger partial charge in [0.1, 0.15) is 0 Å². The highest BCUT2D eigenvalue weighted by Gasteiger charge is 2.10. The third kappa shape index (κ3) is 5.52. The van der Waals surface area contributed by atoms with Crippen molar-refractivity contribution < 1.29 is 5.11 Å². The second-order valence-electron chi connectivity index (χ2n) is 3.05. The van der Waals surface area contributed by atoms with E-state index in [9.17, 15) is 0 Å². The maximum absolute atomic E-state index is 7.57. The van der Waals surface area contributed by atoms with Crippen molar-refractivity contribution >= 4 is 0 Å². The van der Waals surface area contributed by atoms with Crippen LogP contribution in [0.1, 0.15) is 13.8 Å². The minimum atomic E-state index is 0.250. The maximum Gasteiger partial charge on any atom is 0.0402 e. The van der Waals surface area contributed by atoms with Crippen LogP contribution in [0.15, 0.2) is 0 Å². The van der Waals surface area contributed by atoms with E-state index >= 15 is 0 Å². The van der Waals surface area contributed by atoms with Gasteiger partial charge in [0.25, 0.3) is 0 Å². The van der Waals surface area contributed by atoms with Crippen molar-refractivity contribution in [2.75, 3.05) is 46.4 Å². The van der Waals surface area contributed by atoms with E-state index in [0.717, 1.165) is 0 Å². The molecule has 0 atom stereocenters. The Bertz CT molecular complexity index is 90.5. The minimum Gasteiger partial charge on any atom is -0.397 e. The van der Waals surface area contributed by atoms with Crippen molar-refractivity contribution in [1.82, 2.24) is 9.80 Å². The third-order valence-corrected chi connectivity index (χ3v) is 2.04. The summed E-state index contributed by atoms with van der Waals surface area (Å²) in [5.74, 6) is 0. The minimum absolute atomic E-state index is 0.250. The molecule has 1 aliphatic heterocycles. The van der Waals surface area contributed by atoms with Crippen molar-refractivity contribution in [3.63, 3.8) is 0 Å². The number of aliphatic hydroxyl groups excluding tert-OH is 1. The van der Waals surface area contributed by atoms with Crippen LogP contribution < -0.4 is 0 Å². The Morgan fingerprint density at radius 1 is 1.08 bits per heavy atom. The Morgan fingerprint density at radius 3 is 1.83 bits per heavy atom. The first-order valence-corrected chi connectivity index (χ1v) is 4.76. The number of nitrogens with zero attached hydrogens (tertiary/aromatic N) is 2. The van der Waals surface area contributed by atoms with Gasteiger partial charge in [-0.1, -0.05) is 6.92 Å². The van der Waals surface area contributed by atoms with E-state index in [1.54, 1.807) is 6.92 Å². The molecule has 74 valence electrons. The number of aliphatic hydroxyl groups is 1. The van der Waals surface area contributed by atoms with E-state index in [1.807, 2.05) is 0 Å². The van der Waals surface area contributed by atoms with Crippen LogP contribution in [-0.2, 0) is 0 Å². The predicted octanol–water partition coefficient (Wildman–Crippen LogP) is 0.252. The molecule has 0 aliphatic carbocycles. The van der Waals surface area contributed by atoms with Crippen LogP contribution in [-0.4, -0.2) is 61.3 Å². The van der Waals surface area contributed by atoms with Gasteiger partial charge in [0.15, 0.2) is 0 Å². The molecule has 1 saturated heterocycles. The molecule has 0 spiro atoms. The molecule has 3 nitrogen and oxygen atoms in total. The largest absolute Gasteiger partial charge is 0.397 e. The molecule has 1 N–H and O–H groups in total. The highest BCUT2D eigenvalue weighted by atomic mass is 16.2. The molecule has 1 heterocycles. The van der Waals surface area contributed by atoms with Crippen LogP contribution in [0.3, 0.4) is 0 Å². The summed E-state index contributed by atoms with van der Waals surface area (Å²) in [6.07, 6.45) is 0. The lowest BCUT2D eigenvalue weighted by Crippen LogP contribution is -2.44. The van der Waals surface area contributed by atoms with Crippen LogP contribution >= 0.6 is 0 Å². The zero-order valence-electron chi connectivity index (χ0n) is 8.58. The Balaban J connectivity index is 0.000000354. The van der Waals surface area contributed by atoms with Gasteiger partial charge in [0, 0.05) is 32.8 Å². The van der Waals surface area contributed by atoms with Gasteiger partial charge in [-0.2, -0.15) is 0 Å². The van der Waals surface area contributed by atoms with Crippen molar-refractivity contribution in [3.05, 3.63) is 0 Å². The summed E-state index contributed by atoms with van der Waals surface area (Å²) >= 11 is 0. The second-order valence-corrected chi connectivity index (χ2v) is 3.05. The number of hydrogen-bond donors (Lipinski definition) is 1. The van der Waals surface area contributed by atoms with Gasteiger partial charge in [-0.3, -0.25) is 0 Å². The lowest BCUT2D eigenvalue weighted by Gasteiger charge is -2.31. The zero-order chi connectivity index (χ0) is 9.40. The number of piperazine rings is 1. The SMILES string of the molecule is CCN1CCN(C)CC1.CCO. The van der Waals surface area contributed by atoms with Gasteiger partial charge in [0.05, 0.1) is 0 Å². The molecule has 0 saturated carbocycles. The standard InChI is InChI=1S/C7H16N2.C2H6O/c1-3-9-6-4-8(2)5-7-9;1-2-3/h3-7H2,1-2H3;3H,2H2,1H3. The molecule has 0 radical (unpaired) electrons. The third-order valence-electron chi connectivity index (χ3n) is 2.04. The topological polar surface area (TPSA) is 26.7 Å². The first kappa shape index (κ1) is 11.9. The van der Waals surface area contributed by atoms with Crippen LogP contribution in [0.2, 0.25) is 0 Å². The van der Waals surface area contributed by atoms with Crippen LogP contribution in [0, 0.1) is 0 Å². The lowest BCUT2D eigenvalue weighted by atomic mass is 10.3. The van der Waals surface area contributed by atoms with Crippen LogP contribution in [0.25, 0.3) is 0 Å². The van der Waals surface area contributed by atoms with E-state index in [0.29, 0.717) is 0 Å². The van der Waals surface area contributed by atoms with Crippen molar-refractivity contribution in [3.8, 4) is 0 Å². The first-order chi connectivity index (χ1) is 5.74. The number of rotatable bonds is 1. The van der Waals surface area contributed by atoms with E-state index in [-0.39, 0.29) is 6.61 Å². The molecule has 0 aromatic carbocycles. The smallest absolute Gasteiger partial charge is 0.0402 e. The molecular formula is C9H22N2O. The zero-order valence-corrected chi connectivity index (χ0v) is 8.58. The molecule has 1 rings (SSSR count). The summed E-state index contributed by atoms with van der Waals surface area (Å²) in [7, 11) is 2.19. The second kappa shape index (κ2) is 7.53. The average Bonchev–Trinajstić information content (AvgIpc) is 2.07. The van der Waals surface area contributed by atoms with Crippen LogP contribution in [0.4, 0.5) is 0 Å². The summed E-state index contributed by atoms with van der Waals surface area (Å²) in [5.41, 5.74) is 0. The van der Waals surface area contributed by atoms with E-state index < -0.39 is 0 Å². The molecule has 3 heteroatoms. The summed E-state index contributed by atoms with van der Waals surface area (Å²) in [6.45, 7) is 10.4.